The molecule has 0 aliphatic carbocycles. The number of thiocarbonyl (C=S) groups is 1. The van der Waals surface area contributed by atoms with Crippen LogP contribution in [0.15, 0.2) is 59.5 Å². The fourth-order valence-corrected chi connectivity index (χ4v) is 4.04. The number of hydrogen-bond donors (Lipinski definition) is 1. The van der Waals surface area contributed by atoms with Crippen molar-refractivity contribution < 1.29 is 24.2 Å². The number of esters is 1. The summed E-state index contributed by atoms with van der Waals surface area (Å²) in [5.74, 6) is -2.08. The first kappa shape index (κ1) is 19.8. The first-order valence-corrected chi connectivity index (χ1v) is 9.38. The Hall–Kier alpha value is -2.97. The third kappa shape index (κ3) is 3.97. The van der Waals surface area contributed by atoms with Crippen molar-refractivity contribution in [1.29, 1.82) is 0 Å². The molecule has 6 nitrogen and oxygen atoms in total. The highest BCUT2D eigenvalue weighted by Crippen LogP contribution is 2.38. The molecule has 3 rings (SSSR count). The highest BCUT2D eigenvalue weighted by molar-refractivity contribution is 8.26. The molecular weight excluding hydrogens is 398 g/mol. The Morgan fingerprint density at radius 2 is 1.79 bits per heavy atom. The van der Waals surface area contributed by atoms with E-state index >= 15 is 0 Å². The van der Waals surface area contributed by atoms with E-state index in [0.29, 0.717) is 21.6 Å². The van der Waals surface area contributed by atoms with E-state index in [9.17, 15) is 19.5 Å². The lowest BCUT2D eigenvalue weighted by molar-refractivity contribution is -0.145. The zero-order chi connectivity index (χ0) is 20.3. The number of nitrogens with zero attached hydrogens (tertiary/aromatic N) is 1. The molecule has 0 bridgehead atoms. The van der Waals surface area contributed by atoms with Gasteiger partial charge in [0.05, 0.1) is 17.6 Å². The zero-order valence-corrected chi connectivity index (χ0v) is 16.3. The van der Waals surface area contributed by atoms with E-state index in [1.54, 1.807) is 60.7 Å². The Bertz CT molecular complexity index is 970. The van der Waals surface area contributed by atoms with Crippen molar-refractivity contribution in [2.24, 2.45) is 0 Å². The van der Waals surface area contributed by atoms with Gasteiger partial charge >= 0.3 is 11.9 Å². The van der Waals surface area contributed by atoms with Gasteiger partial charge in [-0.3, -0.25) is 9.69 Å². The minimum Gasteiger partial charge on any atom is -0.479 e. The van der Waals surface area contributed by atoms with Gasteiger partial charge in [0.1, 0.15) is 4.32 Å². The van der Waals surface area contributed by atoms with Crippen molar-refractivity contribution in [2.45, 2.75) is 6.04 Å². The normalized spacial score (nSPS) is 16.3. The van der Waals surface area contributed by atoms with Gasteiger partial charge in [-0.05, 0) is 29.3 Å². The molecule has 1 saturated heterocycles. The largest absolute Gasteiger partial charge is 0.479 e. The summed E-state index contributed by atoms with van der Waals surface area (Å²) in [7, 11) is 1.30. The van der Waals surface area contributed by atoms with E-state index in [1.165, 1.54) is 7.11 Å². The van der Waals surface area contributed by atoms with Crippen LogP contribution < -0.4 is 0 Å². The topological polar surface area (TPSA) is 83.9 Å². The maximum atomic E-state index is 12.9. The second-order valence-electron chi connectivity index (χ2n) is 5.82. The molecule has 142 valence electrons. The van der Waals surface area contributed by atoms with E-state index in [1.807, 2.05) is 0 Å². The van der Waals surface area contributed by atoms with Crippen LogP contribution in [-0.4, -0.2) is 39.3 Å². The molecule has 1 heterocycles. The van der Waals surface area contributed by atoms with Gasteiger partial charge in [0.15, 0.2) is 6.04 Å². The number of methoxy groups -OCH3 is 1. The number of carboxylic acid groups (broad SMARTS) is 1. The maximum Gasteiger partial charge on any atom is 0.337 e. The molecule has 0 radical (unpaired) electrons. The smallest absolute Gasteiger partial charge is 0.337 e. The second kappa shape index (κ2) is 8.37. The molecular formula is C20H15NO5S2. The molecule has 8 heteroatoms. The number of amides is 1. The van der Waals surface area contributed by atoms with E-state index in [2.05, 4.69) is 4.74 Å². The van der Waals surface area contributed by atoms with Gasteiger partial charge in [0.25, 0.3) is 5.91 Å². The summed E-state index contributed by atoms with van der Waals surface area (Å²) < 4.78 is 4.83. The van der Waals surface area contributed by atoms with Crippen molar-refractivity contribution in [3.8, 4) is 0 Å². The number of aliphatic carboxylic acids is 1. The minimum absolute atomic E-state index is 0.179. The predicted molar refractivity (Wildman–Crippen MR) is 110 cm³/mol. The zero-order valence-electron chi connectivity index (χ0n) is 14.7. The van der Waals surface area contributed by atoms with Gasteiger partial charge < -0.3 is 9.84 Å². The summed E-state index contributed by atoms with van der Waals surface area (Å²) in [5, 5.41) is 9.68. The van der Waals surface area contributed by atoms with Crippen molar-refractivity contribution in [2.75, 3.05) is 7.11 Å². The maximum absolute atomic E-state index is 12.9. The van der Waals surface area contributed by atoms with Gasteiger partial charge in [-0.2, -0.15) is 0 Å². The fraction of sp³-hybridized carbons (Fsp3) is 0.100. The predicted octanol–water partition coefficient (Wildman–Crippen LogP) is 3.50. The first-order chi connectivity index (χ1) is 13.4. The van der Waals surface area contributed by atoms with Crippen molar-refractivity contribution in [1.82, 2.24) is 4.90 Å². The van der Waals surface area contributed by atoms with Crippen molar-refractivity contribution in [3.05, 3.63) is 76.2 Å². The highest BCUT2D eigenvalue weighted by Gasteiger charge is 2.41. The lowest BCUT2D eigenvalue weighted by atomic mass is 10.1. The Kier molecular flexibility index (Phi) is 5.91. The van der Waals surface area contributed by atoms with Crippen LogP contribution in [-0.2, 0) is 14.3 Å². The molecule has 1 aliphatic rings. The Morgan fingerprint density at radius 3 is 2.36 bits per heavy atom. The quantitative estimate of drug-likeness (QED) is 0.456. The van der Waals surface area contributed by atoms with E-state index in [0.717, 1.165) is 16.7 Å². The molecule has 1 amide bonds. The van der Waals surface area contributed by atoms with Gasteiger partial charge in [-0.15, -0.1) is 0 Å². The Labute approximate surface area is 170 Å². The first-order valence-electron chi connectivity index (χ1n) is 8.15. The number of carbonyl (C=O) groups is 3. The molecule has 28 heavy (non-hydrogen) atoms. The number of benzene rings is 2. The molecule has 1 atom stereocenters. The molecule has 0 aromatic heterocycles. The average molecular weight is 413 g/mol. The fourth-order valence-electron chi connectivity index (χ4n) is 2.72. The van der Waals surface area contributed by atoms with E-state index in [-0.39, 0.29) is 4.32 Å². The molecule has 1 N–H and O–H groups in total. The standard InChI is InChI=1S/C20H15NO5S2/c1-26-19(25)14-9-7-12(8-10-14)11-15-17(22)21(20(27)28-15)16(18(23)24)13-5-3-2-4-6-13/h2-11,16H,1H3,(H,23,24). The molecule has 2 aromatic rings. The van der Waals surface area contributed by atoms with Gasteiger partial charge in [0.2, 0.25) is 0 Å². The number of hydrogen-bond acceptors (Lipinski definition) is 6. The van der Waals surface area contributed by atoms with Crippen LogP contribution in [0, 0.1) is 0 Å². The number of carboxylic acids is 1. The van der Waals surface area contributed by atoms with Crippen LogP contribution in [0.3, 0.4) is 0 Å². The van der Waals surface area contributed by atoms with Gasteiger partial charge in [-0.1, -0.05) is 66.4 Å². The SMILES string of the molecule is COC(=O)c1ccc(C=C2SC(=S)N(C(C(=O)O)c3ccccc3)C2=O)cc1. The van der Waals surface area contributed by atoms with Crippen molar-refractivity contribution >= 4 is 52.2 Å². The summed E-state index contributed by atoms with van der Waals surface area (Å²) in [6.07, 6.45) is 1.62. The van der Waals surface area contributed by atoms with Gasteiger partial charge in [-0.25, -0.2) is 9.59 Å². The second-order valence-corrected chi connectivity index (χ2v) is 7.49. The van der Waals surface area contributed by atoms with Crippen LogP contribution in [0.2, 0.25) is 0 Å². The van der Waals surface area contributed by atoms with Crippen LogP contribution in [0.25, 0.3) is 6.08 Å². The Morgan fingerprint density at radius 1 is 1.14 bits per heavy atom. The molecule has 1 unspecified atom stereocenters. The van der Waals surface area contributed by atoms with Crippen LogP contribution in [0.4, 0.5) is 0 Å². The number of carbonyl (C=O) groups excluding carboxylic acids is 2. The number of rotatable bonds is 5. The lowest BCUT2D eigenvalue weighted by Gasteiger charge is -2.23. The van der Waals surface area contributed by atoms with E-state index < -0.39 is 23.9 Å². The molecule has 0 spiro atoms. The summed E-state index contributed by atoms with van der Waals surface area (Å²) in [4.78, 5) is 37.7. The number of thioether (sulfide) groups is 1. The highest BCUT2D eigenvalue weighted by atomic mass is 32.2. The number of ether oxygens (including phenoxy) is 1. The third-order valence-corrected chi connectivity index (χ3v) is 5.39. The average Bonchev–Trinajstić information content (AvgIpc) is 2.96. The summed E-state index contributed by atoms with van der Waals surface area (Å²) in [6, 6.07) is 13.8. The van der Waals surface area contributed by atoms with Crippen LogP contribution in [0.5, 0.6) is 0 Å². The minimum atomic E-state index is -1.19. The third-order valence-electron chi connectivity index (χ3n) is 4.06. The Balaban J connectivity index is 1.89. The lowest BCUT2D eigenvalue weighted by Crippen LogP contribution is -2.37. The molecule has 2 aromatic carbocycles. The van der Waals surface area contributed by atoms with Crippen molar-refractivity contribution in [3.63, 3.8) is 0 Å². The molecule has 1 fully saturated rings. The molecule has 0 saturated carbocycles. The van der Waals surface area contributed by atoms with Crippen LogP contribution in [0.1, 0.15) is 27.5 Å². The molecule has 1 aliphatic heterocycles. The monoisotopic (exact) mass is 413 g/mol. The van der Waals surface area contributed by atoms with Crippen LogP contribution >= 0.6 is 24.0 Å². The van der Waals surface area contributed by atoms with Gasteiger partial charge in [0, 0.05) is 0 Å². The summed E-state index contributed by atoms with van der Waals surface area (Å²) >= 11 is 6.33. The summed E-state index contributed by atoms with van der Waals surface area (Å²) in [6.45, 7) is 0. The summed E-state index contributed by atoms with van der Waals surface area (Å²) in [5.41, 5.74) is 1.54. The van der Waals surface area contributed by atoms with E-state index in [4.69, 9.17) is 12.2 Å².